The fraction of sp³-hybridized carbons (Fsp3) is 0.333. The van der Waals surface area contributed by atoms with E-state index in [1.807, 2.05) is 48.2 Å². The predicted molar refractivity (Wildman–Crippen MR) is 88.0 cm³/mol. The summed E-state index contributed by atoms with van der Waals surface area (Å²) in [6, 6.07) is 11.8. The van der Waals surface area contributed by atoms with Crippen LogP contribution in [0.3, 0.4) is 0 Å². The number of hydrogen-bond acceptors (Lipinski definition) is 2. The van der Waals surface area contributed by atoms with Crippen molar-refractivity contribution in [1.29, 1.82) is 0 Å². The number of pyridine rings is 1. The van der Waals surface area contributed by atoms with Gasteiger partial charge in [-0.25, -0.2) is 0 Å². The SMILES string of the molecule is Cc1ccc(C(=O)N(C2CC2)C(C)c2ccc(Cl)cc2)cn1. The highest BCUT2D eigenvalue weighted by molar-refractivity contribution is 6.30. The molecular weight excluding hydrogens is 296 g/mol. The Morgan fingerprint density at radius 3 is 2.45 bits per heavy atom. The lowest BCUT2D eigenvalue weighted by atomic mass is 10.1. The summed E-state index contributed by atoms with van der Waals surface area (Å²) in [5.74, 6) is 0.0532. The molecule has 1 fully saturated rings. The van der Waals surface area contributed by atoms with E-state index in [4.69, 9.17) is 11.6 Å². The van der Waals surface area contributed by atoms with Crippen LogP contribution in [0, 0.1) is 6.92 Å². The lowest BCUT2D eigenvalue weighted by molar-refractivity contribution is 0.0673. The second-order valence-electron chi connectivity index (χ2n) is 5.86. The number of rotatable bonds is 4. The summed E-state index contributed by atoms with van der Waals surface area (Å²) in [6.45, 7) is 3.99. The van der Waals surface area contributed by atoms with Gasteiger partial charge in [0, 0.05) is 23.0 Å². The standard InChI is InChI=1S/C18H19ClN2O/c1-12-3-4-15(11-20-12)18(22)21(17-9-10-17)13(2)14-5-7-16(19)8-6-14/h3-8,11,13,17H,9-10H2,1-2H3. The zero-order chi connectivity index (χ0) is 15.7. The Balaban J connectivity index is 1.87. The van der Waals surface area contributed by atoms with E-state index >= 15 is 0 Å². The minimum atomic E-state index is 0.0265. The van der Waals surface area contributed by atoms with E-state index in [-0.39, 0.29) is 11.9 Å². The quantitative estimate of drug-likeness (QED) is 0.837. The van der Waals surface area contributed by atoms with Crippen molar-refractivity contribution in [2.45, 2.75) is 38.8 Å². The molecule has 114 valence electrons. The molecule has 1 aromatic heterocycles. The van der Waals surface area contributed by atoms with Gasteiger partial charge in [0.15, 0.2) is 0 Å². The summed E-state index contributed by atoms with van der Waals surface area (Å²) in [7, 11) is 0. The van der Waals surface area contributed by atoms with Gasteiger partial charge in [0.2, 0.25) is 0 Å². The number of hydrogen-bond donors (Lipinski definition) is 0. The van der Waals surface area contributed by atoms with Crippen LogP contribution in [0.2, 0.25) is 5.02 Å². The van der Waals surface area contributed by atoms with Crippen molar-refractivity contribution >= 4 is 17.5 Å². The number of nitrogens with zero attached hydrogens (tertiary/aromatic N) is 2. The third-order valence-electron chi connectivity index (χ3n) is 4.10. The van der Waals surface area contributed by atoms with Gasteiger partial charge in [-0.1, -0.05) is 23.7 Å². The Morgan fingerprint density at radius 2 is 1.91 bits per heavy atom. The van der Waals surface area contributed by atoms with Gasteiger partial charge in [-0.2, -0.15) is 0 Å². The van der Waals surface area contributed by atoms with Gasteiger partial charge < -0.3 is 4.90 Å². The Labute approximate surface area is 135 Å². The number of amides is 1. The zero-order valence-electron chi connectivity index (χ0n) is 12.8. The van der Waals surface area contributed by atoms with Crippen LogP contribution in [0.25, 0.3) is 0 Å². The Hall–Kier alpha value is -1.87. The number of carbonyl (C=O) groups is 1. The van der Waals surface area contributed by atoms with Crippen LogP contribution >= 0.6 is 11.6 Å². The second kappa shape index (κ2) is 6.09. The molecule has 2 aromatic rings. The molecule has 0 bridgehead atoms. The Kier molecular flexibility index (Phi) is 4.16. The van der Waals surface area contributed by atoms with E-state index in [1.165, 1.54) is 0 Å². The van der Waals surface area contributed by atoms with Gasteiger partial charge in [0.05, 0.1) is 11.6 Å². The van der Waals surface area contributed by atoms with E-state index in [9.17, 15) is 4.79 Å². The first-order chi connectivity index (χ1) is 10.6. The number of benzene rings is 1. The molecule has 3 nitrogen and oxygen atoms in total. The molecule has 1 unspecified atom stereocenters. The highest BCUT2D eigenvalue weighted by Crippen LogP contribution is 2.35. The summed E-state index contributed by atoms with van der Waals surface area (Å²) in [5, 5.41) is 0.711. The number of halogens is 1. The van der Waals surface area contributed by atoms with Crippen LogP contribution in [0.4, 0.5) is 0 Å². The minimum Gasteiger partial charge on any atom is -0.329 e. The smallest absolute Gasteiger partial charge is 0.256 e. The average molecular weight is 315 g/mol. The van der Waals surface area contributed by atoms with Crippen LogP contribution in [0.5, 0.6) is 0 Å². The topological polar surface area (TPSA) is 33.2 Å². The van der Waals surface area contributed by atoms with Crippen molar-refractivity contribution in [3.63, 3.8) is 0 Å². The first-order valence-electron chi connectivity index (χ1n) is 7.57. The molecule has 22 heavy (non-hydrogen) atoms. The molecule has 1 aliphatic rings. The first-order valence-corrected chi connectivity index (χ1v) is 7.95. The molecule has 0 N–H and O–H groups in total. The zero-order valence-corrected chi connectivity index (χ0v) is 13.5. The molecule has 1 aromatic carbocycles. The normalized spacial score (nSPS) is 15.4. The third kappa shape index (κ3) is 3.14. The van der Waals surface area contributed by atoms with E-state index in [1.54, 1.807) is 6.20 Å². The van der Waals surface area contributed by atoms with Crippen LogP contribution in [-0.2, 0) is 0 Å². The van der Waals surface area contributed by atoms with E-state index in [0.717, 1.165) is 24.1 Å². The number of aryl methyl sites for hydroxylation is 1. The van der Waals surface area contributed by atoms with Crippen molar-refractivity contribution in [3.8, 4) is 0 Å². The average Bonchev–Trinajstić information content (AvgIpc) is 3.33. The molecule has 1 saturated carbocycles. The summed E-state index contributed by atoms with van der Waals surface area (Å²) < 4.78 is 0. The van der Waals surface area contributed by atoms with Crippen molar-refractivity contribution in [1.82, 2.24) is 9.88 Å². The van der Waals surface area contributed by atoms with Crippen LogP contribution in [0.1, 0.15) is 47.4 Å². The number of aromatic nitrogens is 1. The molecule has 1 amide bonds. The molecule has 0 radical (unpaired) electrons. The van der Waals surface area contributed by atoms with Gasteiger partial charge in [-0.15, -0.1) is 0 Å². The predicted octanol–water partition coefficient (Wildman–Crippen LogP) is 4.41. The van der Waals surface area contributed by atoms with Gasteiger partial charge >= 0.3 is 0 Å². The van der Waals surface area contributed by atoms with E-state index < -0.39 is 0 Å². The van der Waals surface area contributed by atoms with Gasteiger partial charge in [-0.3, -0.25) is 9.78 Å². The Bertz CT molecular complexity index is 662. The second-order valence-corrected chi connectivity index (χ2v) is 6.30. The fourth-order valence-electron chi connectivity index (χ4n) is 2.66. The van der Waals surface area contributed by atoms with Crippen molar-refractivity contribution in [2.24, 2.45) is 0 Å². The van der Waals surface area contributed by atoms with Crippen LogP contribution < -0.4 is 0 Å². The maximum Gasteiger partial charge on any atom is 0.256 e. The molecule has 1 atom stereocenters. The maximum atomic E-state index is 12.9. The summed E-state index contributed by atoms with van der Waals surface area (Å²) in [5.41, 5.74) is 2.67. The molecule has 0 aliphatic heterocycles. The molecular formula is C18H19ClN2O. The van der Waals surface area contributed by atoms with Crippen LogP contribution in [0.15, 0.2) is 42.6 Å². The minimum absolute atomic E-state index is 0.0265. The summed E-state index contributed by atoms with van der Waals surface area (Å²) >= 11 is 5.96. The van der Waals surface area contributed by atoms with Crippen molar-refractivity contribution < 1.29 is 4.79 Å². The highest BCUT2D eigenvalue weighted by Gasteiger charge is 2.36. The Morgan fingerprint density at radius 1 is 1.23 bits per heavy atom. The molecule has 3 rings (SSSR count). The lowest BCUT2D eigenvalue weighted by Gasteiger charge is -2.30. The maximum absolute atomic E-state index is 12.9. The monoisotopic (exact) mass is 314 g/mol. The third-order valence-corrected chi connectivity index (χ3v) is 4.35. The van der Waals surface area contributed by atoms with E-state index in [0.29, 0.717) is 16.6 Å². The highest BCUT2D eigenvalue weighted by atomic mass is 35.5. The first kappa shape index (κ1) is 15.0. The summed E-state index contributed by atoms with van der Waals surface area (Å²) in [4.78, 5) is 19.1. The molecule has 0 saturated heterocycles. The molecule has 1 heterocycles. The van der Waals surface area contributed by atoms with Gasteiger partial charge in [-0.05, 0) is 56.5 Å². The van der Waals surface area contributed by atoms with Crippen molar-refractivity contribution in [2.75, 3.05) is 0 Å². The van der Waals surface area contributed by atoms with Crippen molar-refractivity contribution in [3.05, 3.63) is 64.4 Å². The molecule has 4 heteroatoms. The lowest BCUT2D eigenvalue weighted by Crippen LogP contribution is -2.35. The molecule has 1 aliphatic carbocycles. The number of carbonyl (C=O) groups excluding carboxylic acids is 1. The van der Waals surface area contributed by atoms with E-state index in [2.05, 4.69) is 11.9 Å². The largest absolute Gasteiger partial charge is 0.329 e. The van der Waals surface area contributed by atoms with Crippen LogP contribution in [-0.4, -0.2) is 21.8 Å². The fourth-order valence-corrected chi connectivity index (χ4v) is 2.78. The summed E-state index contributed by atoms with van der Waals surface area (Å²) in [6.07, 6.45) is 3.81. The van der Waals surface area contributed by atoms with Gasteiger partial charge in [0.25, 0.3) is 5.91 Å². The van der Waals surface area contributed by atoms with Gasteiger partial charge in [0.1, 0.15) is 0 Å². The molecule has 0 spiro atoms.